The van der Waals surface area contributed by atoms with Gasteiger partial charge in [-0.2, -0.15) is 0 Å². The van der Waals surface area contributed by atoms with E-state index in [1.807, 2.05) is 0 Å². The number of hydrogen-bond donors (Lipinski definition) is 1. The molecule has 86 valence electrons. The summed E-state index contributed by atoms with van der Waals surface area (Å²) in [5, 5.41) is 3.46. The molecule has 0 amide bonds. The summed E-state index contributed by atoms with van der Waals surface area (Å²) in [5.41, 5.74) is 1.02. The van der Waals surface area contributed by atoms with E-state index in [-0.39, 0.29) is 12.4 Å². The maximum absolute atomic E-state index is 4.96. The first-order valence-electron chi connectivity index (χ1n) is 5.12. The molecule has 4 nitrogen and oxygen atoms in total. The molecule has 5 heteroatoms. The highest BCUT2D eigenvalue weighted by molar-refractivity contribution is 5.85. The first kappa shape index (κ1) is 12.5. The first-order valence-corrected chi connectivity index (χ1v) is 5.12. The van der Waals surface area contributed by atoms with Crippen LogP contribution in [0.2, 0.25) is 0 Å². The van der Waals surface area contributed by atoms with Crippen LogP contribution in [0.4, 0.5) is 0 Å². The molecule has 1 aliphatic heterocycles. The van der Waals surface area contributed by atoms with Gasteiger partial charge in [-0.1, -0.05) is 0 Å². The van der Waals surface area contributed by atoms with Crippen molar-refractivity contribution in [3.8, 4) is 0 Å². The standard InChI is InChI=1S/C10H17N3O.ClH/c1-8-9(2)13(4-3-11-8)5-10-6-14-7-12-10;/h6-9,11H,3-5H2,1-2H3;1H. The summed E-state index contributed by atoms with van der Waals surface area (Å²) >= 11 is 0. The van der Waals surface area contributed by atoms with Gasteiger partial charge in [0.2, 0.25) is 0 Å². The Hall–Kier alpha value is -0.580. The maximum Gasteiger partial charge on any atom is 0.180 e. The van der Waals surface area contributed by atoms with E-state index in [4.69, 9.17) is 4.42 Å². The fourth-order valence-electron chi connectivity index (χ4n) is 1.87. The Kier molecular flexibility index (Phi) is 4.57. The molecule has 2 heterocycles. The molecule has 0 saturated carbocycles. The third-order valence-corrected chi connectivity index (χ3v) is 3.01. The summed E-state index contributed by atoms with van der Waals surface area (Å²) < 4.78 is 4.96. The van der Waals surface area contributed by atoms with E-state index < -0.39 is 0 Å². The number of hydrogen-bond acceptors (Lipinski definition) is 4. The van der Waals surface area contributed by atoms with Crippen molar-refractivity contribution in [3.05, 3.63) is 18.4 Å². The number of oxazole rings is 1. The molecule has 0 radical (unpaired) electrons. The molecule has 15 heavy (non-hydrogen) atoms. The molecule has 1 fully saturated rings. The quantitative estimate of drug-likeness (QED) is 0.833. The zero-order valence-corrected chi connectivity index (χ0v) is 9.96. The fourth-order valence-corrected chi connectivity index (χ4v) is 1.87. The number of rotatable bonds is 2. The normalized spacial score (nSPS) is 27.3. The van der Waals surface area contributed by atoms with Gasteiger partial charge < -0.3 is 9.73 Å². The average molecular weight is 232 g/mol. The summed E-state index contributed by atoms with van der Waals surface area (Å²) in [6, 6.07) is 1.11. The van der Waals surface area contributed by atoms with Gasteiger partial charge in [-0.05, 0) is 13.8 Å². The number of piperazine rings is 1. The summed E-state index contributed by atoms with van der Waals surface area (Å²) in [6.07, 6.45) is 3.21. The van der Waals surface area contributed by atoms with Gasteiger partial charge in [0.25, 0.3) is 0 Å². The molecule has 0 aliphatic carbocycles. The molecule has 0 aromatic carbocycles. The van der Waals surface area contributed by atoms with Crippen LogP contribution < -0.4 is 5.32 Å². The minimum Gasteiger partial charge on any atom is -0.451 e. The summed E-state index contributed by atoms with van der Waals surface area (Å²) in [5.74, 6) is 0. The van der Waals surface area contributed by atoms with E-state index in [2.05, 4.69) is 29.0 Å². The van der Waals surface area contributed by atoms with E-state index in [0.29, 0.717) is 12.1 Å². The average Bonchev–Trinajstić information content (AvgIpc) is 2.66. The number of halogens is 1. The van der Waals surface area contributed by atoms with Crippen molar-refractivity contribution >= 4 is 12.4 Å². The highest BCUT2D eigenvalue weighted by Crippen LogP contribution is 2.12. The first-order chi connectivity index (χ1) is 6.77. The third-order valence-electron chi connectivity index (χ3n) is 3.01. The van der Waals surface area contributed by atoms with Gasteiger partial charge in [0.1, 0.15) is 6.26 Å². The Bertz CT molecular complexity index is 278. The van der Waals surface area contributed by atoms with Gasteiger partial charge in [0, 0.05) is 31.7 Å². The minimum absolute atomic E-state index is 0. The Morgan fingerprint density at radius 2 is 2.40 bits per heavy atom. The molecule has 1 saturated heterocycles. The van der Waals surface area contributed by atoms with E-state index in [1.165, 1.54) is 6.39 Å². The van der Waals surface area contributed by atoms with E-state index in [1.54, 1.807) is 6.26 Å². The van der Waals surface area contributed by atoms with E-state index in [9.17, 15) is 0 Å². The van der Waals surface area contributed by atoms with Crippen molar-refractivity contribution in [2.75, 3.05) is 13.1 Å². The van der Waals surface area contributed by atoms with Crippen LogP contribution in [-0.4, -0.2) is 35.1 Å². The highest BCUT2D eigenvalue weighted by Gasteiger charge is 2.24. The lowest BCUT2D eigenvalue weighted by Gasteiger charge is -2.38. The van der Waals surface area contributed by atoms with Crippen molar-refractivity contribution in [2.24, 2.45) is 0 Å². The Balaban J connectivity index is 0.00000112. The Labute approximate surface area is 96.5 Å². The Morgan fingerprint density at radius 3 is 3.07 bits per heavy atom. The molecule has 1 N–H and O–H groups in total. The van der Waals surface area contributed by atoms with Crippen molar-refractivity contribution in [2.45, 2.75) is 32.5 Å². The monoisotopic (exact) mass is 231 g/mol. The molecule has 1 aromatic heterocycles. The molecule has 1 aromatic rings. The number of aromatic nitrogens is 1. The second-order valence-corrected chi connectivity index (χ2v) is 3.93. The van der Waals surface area contributed by atoms with Crippen molar-refractivity contribution in [3.63, 3.8) is 0 Å². The molecule has 2 atom stereocenters. The lowest BCUT2D eigenvalue weighted by Crippen LogP contribution is -2.54. The maximum atomic E-state index is 4.96. The summed E-state index contributed by atoms with van der Waals surface area (Å²) in [6.45, 7) is 7.50. The summed E-state index contributed by atoms with van der Waals surface area (Å²) in [7, 11) is 0. The molecule has 0 spiro atoms. The molecule has 2 rings (SSSR count). The SMILES string of the molecule is CC1NCCN(Cc2cocn2)C1C.Cl. The van der Waals surface area contributed by atoms with E-state index >= 15 is 0 Å². The largest absolute Gasteiger partial charge is 0.451 e. The molecule has 0 bridgehead atoms. The predicted molar refractivity (Wildman–Crippen MR) is 61.1 cm³/mol. The van der Waals surface area contributed by atoms with Gasteiger partial charge in [-0.15, -0.1) is 12.4 Å². The van der Waals surface area contributed by atoms with Crippen LogP contribution in [0, 0.1) is 0 Å². The predicted octanol–water partition coefficient (Wildman–Crippen LogP) is 1.28. The van der Waals surface area contributed by atoms with Crippen molar-refractivity contribution in [1.82, 2.24) is 15.2 Å². The van der Waals surface area contributed by atoms with E-state index in [0.717, 1.165) is 25.3 Å². The van der Waals surface area contributed by atoms with Crippen LogP contribution in [0.5, 0.6) is 0 Å². The minimum atomic E-state index is 0. The lowest BCUT2D eigenvalue weighted by molar-refractivity contribution is 0.129. The lowest BCUT2D eigenvalue weighted by atomic mass is 10.1. The van der Waals surface area contributed by atoms with Gasteiger partial charge >= 0.3 is 0 Å². The van der Waals surface area contributed by atoms with Crippen LogP contribution >= 0.6 is 12.4 Å². The third kappa shape index (κ3) is 2.93. The molecule has 2 unspecified atom stereocenters. The zero-order valence-electron chi connectivity index (χ0n) is 9.14. The molecular formula is C10H18ClN3O. The van der Waals surface area contributed by atoms with Crippen LogP contribution in [0.1, 0.15) is 19.5 Å². The number of nitrogens with one attached hydrogen (secondary N) is 1. The van der Waals surface area contributed by atoms with Gasteiger partial charge in [-0.25, -0.2) is 4.98 Å². The Morgan fingerprint density at radius 1 is 1.60 bits per heavy atom. The fraction of sp³-hybridized carbons (Fsp3) is 0.700. The second kappa shape index (κ2) is 5.49. The smallest absolute Gasteiger partial charge is 0.180 e. The molecular weight excluding hydrogens is 214 g/mol. The summed E-state index contributed by atoms with van der Waals surface area (Å²) in [4.78, 5) is 6.57. The number of nitrogens with zero attached hydrogens (tertiary/aromatic N) is 2. The second-order valence-electron chi connectivity index (χ2n) is 3.93. The van der Waals surface area contributed by atoms with Gasteiger partial charge in [-0.3, -0.25) is 4.90 Å². The van der Waals surface area contributed by atoms with Gasteiger partial charge in [0.15, 0.2) is 6.39 Å². The van der Waals surface area contributed by atoms with Crippen molar-refractivity contribution < 1.29 is 4.42 Å². The molecule has 1 aliphatic rings. The zero-order chi connectivity index (χ0) is 9.97. The van der Waals surface area contributed by atoms with Crippen LogP contribution in [0.25, 0.3) is 0 Å². The van der Waals surface area contributed by atoms with Gasteiger partial charge in [0.05, 0.1) is 5.69 Å². The van der Waals surface area contributed by atoms with Crippen LogP contribution in [0.3, 0.4) is 0 Å². The van der Waals surface area contributed by atoms with Crippen LogP contribution in [-0.2, 0) is 6.54 Å². The van der Waals surface area contributed by atoms with Crippen LogP contribution in [0.15, 0.2) is 17.1 Å². The van der Waals surface area contributed by atoms with Crippen molar-refractivity contribution in [1.29, 1.82) is 0 Å². The highest BCUT2D eigenvalue weighted by atomic mass is 35.5. The topological polar surface area (TPSA) is 41.3 Å².